The van der Waals surface area contributed by atoms with E-state index in [0.29, 0.717) is 50.1 Å². The quantitative estimate of drug-likeness (QED) is 0.493. The molecule has 1 amide bonds. The number of aromatic nitrogens is 1. The van der Waals surface area contributed by atoms with Gasteiger partial charge in [-0.05, 0) is 62.2 Å². The number of halogens is 3. The summed E-state index contributed by atoms with van der Waals surface area (Å²) >= 11 is 0. The van der Waals surface area contributed by atoms with Gasteiger partial charge in [-0.3, -0.25) is 4.79 Å². The van der Waals surface area contributed by atoms with Crippen molar-refractivity contribution in [1.29, 1.82) is 0 Å². The number of carbonyl (C=O) groups is 1. The maximum Gasteiger partial charge on any atom is 0.433 e. The molecule has 0 aliphatic heterocycles. The van der Waals surface area contributed by atoms with Crippen LogP contribution in [0.4, 0.5) is 13.2 Å². The van der Waals surface area contributed by atoms with Gasteiger partial charge in [0.1, 0.15) is 11.3 Å². The summed E-state index contributed by atoms with van der Waals surface area (Å²) in [6.07, 6.45) is 2.97. The van der Waals surface area contributed by atoms with E-state index in [9.17, 15) is 26.4 Å². The third-order valence-electron chi connectivity index (χ3n) is 7.59. The predicted octanol–water partition coefficient (Wildman–Crippen LogP) is 4.40. The van der Waals surface area contributed by atoms with Crippen molar-refractivity contribution in [1.82, 2.24) is 10.3 Å². The summed E-state index contributed by atoms with van der Waals surface area (Å²) in [7, 11) is -0.779. The predicted molar refractivity (Wildman–Crippen MR) is 123 cm³/mol. The first kappa shape index (κ1) is 26.0. The van der Waals surface area contributed by atoms with Gasteiger partial charge < -0.3 is 14.8 Å². The Labute approximate surface area is 204 Å². The molecule has 196 valence electrons. The fourth-order valence-corrected chi connectivity index (χ4v) is 7.43. The normalized spacial score (nSPS) is 25.2. The zero-order valence-electron chi connectivity index (χ0n) is 20.1. The van der Waals surface area contributed by atoms with Crippen molar-refractivity contribution in [3.8, 4) is 11.6 Å². The molecule has 0 aromatic carbocycles. The number of rotatable bonds is 10. The first-order valence-electron chi connectivity index (χ1n) is 12.2. The molecular weight excluding hydrogens is 485 g/mol. The van der Waals surface area contributed by atoms with Gasteiger partial charge in [0.2, 0.25) is 5.88 Å². The van der Waals surface area contributed by atoms with Crippen LogP contribution in [-0.2, 0) is 16.0 Å². The van der Waals surface area contributed by atoms with Crippen molar-refractivity contribution in [2.45, 2.75) is 69.2 Å². The highest BCUT2D eigenvalue weighted by molar-refractivity contribution is 7.92. The number of pyridine rings is 1. The van der Waals surface area contributed by atoms with Gasteiger partial charge in [0.25, 0.3) is 5.91 Å². The number of nitrogens with one attached hydrogen (secondary N) is 1. The highest BCUT2D eigenvalue weighted by Gasteiger charge is 2.44. The molecule has 0 bridgehead atoms. The number of methoxy groups -OCH3 is 2. The molecule has 1 aromatic heterocycles. The molecule has 0 unspecified atom stereocenters. The van der Waals surface area contributed by atoms with Crippen molar-refractivity contribution in [2.24, 2.45) is 17.3 Å². The SMILES string of the molecule is COc1cc(C(F)(F)F)nc(OC)c1C(=O)NCC1(CC2CC2)CCC(S(=O)(=O)CC2CC2)CC1. The molecule has 1 N–H and O–H groups in total. The standard InChI is InChI=1S/C24H33F3N2O5S/c1-33-18-11-19(24(25,26)27)29-22(34-2)20(18)21(30)28-14-23(12-15-3-4-15)9-7-17(8-10-23)35(31,32)13-16-5-6-16/h11,15-17H,3-10,12-14H2,1-2H3,(H,28,30). The summed E-state index contributed by atoms with van der Waals surface area (Å²) in [6.45, 7) is 0.311. The van der Waals surface area contributed by atoms with Gasteiger partial charge in [0, 0.05) is 12.6 Å². The fraction of sp³-hybridized carbons (Fsp3) is 0.750. The van der Waals surface area contributed by atoms with Crippen LogP contribution in [0.5, 0.6) is 11.6 Å². The van der Waals surface area contributed by atoms with Crippen LogP contribution >= 0.6 is 0 Å². The molecule has 4 rings (SSSR count). The minimum Gasteiger partial charge on any atom is -0.496 e. The second-order valence-corrected chi connectivity index (χ2v) is 12.7. The lowest BCUT2D eigenvalue weighted by Crippen LogP contribution is -2.43. The molecular formula is C24H33F3N2O5S. The lowest BCUT2D eigenvalue weighted by Gasteiger charge is -2.40. The van der Waals surface area contributed by atoms with Gasteiger partial charge >= 0.3 is 6.18 Å². The summed E-state index contributed by atoms with van der Waals surface area (Å²) in [5.41, 5.74) is -1.63. The highest BCUT2D eigenvalue weighted by Crippen LogP contribution is 2.49. The molecule has 0 saturated heterocycles. The number of hydrogen-bond acceptors (Lipinski definition) is 6. The van der Waals surface area contributed by atoms with Gasteiger partial charge in [-0.25, -0.2) is 13.4 Å². The Hall–Kier alpha value is -2.04. The number of carbonyl (C=O) groups excluding carboxylic acids is 1. The van der Waals surface area contributed by atoms with Crippen LogP contribution in [0.2, 0.25) is 0 Å². The number of alkyl halides is 3. The molecule has 3 aliphatic rings. The molecule has 1 aromatic rings. The molecule has 0 atom stereocenters. The Morgan fingerprint density at radius 1 is 1.09 bits per heavy atom. The number of ether oxygens (including phenoxy) is 2. The molecule has 11 heteroatoms. The van der Waals surface area contributed by atoms with Crippen molar-refractivity contribution in [3.05, 3.63) is 17.3 Å². The zero-order valence-corrected chi connectivity index (χ0v) is 20.9. The monoisotopic (exact) mass is 518 g/mol. The lowest BCUT2D eigenvalue weighted by atomic mass is 9.70. The topological polar surface area (TPSA) is 94.6 Å². The van der Waals surface area contributed by atoms with E-state index in [1.165, 1.54) is 7.11 Å². The number of sulfone groups is 1. The van der Waals surface area contributed by atoms with Gasteiger partial charge in [0.15, 0.2) is 15.5 Å². The van der Waals surface area contributed by atoms with Crippen LogP contribution in [0.25, 0.3) is 0 Å². The first-order chi connectivity index (χ1) is 16.5. The third-order valence-corrected chi connectivity index (χ3v) is 10.0. The average molecular weight is 519 g/mol. The Bertz CT molecular complexity index is 1020. The molecule has 3 aliphatic carbocycles. The van der Waals surface area contributed by atoms with Crippen molar-refractivity contribution in [3.63, 3.8) is 0 Å². The molecule has 3 saturated carbocycles. The maximum atomic E-state index is 13.2. The van der Waals surface area contributed by atoms with E-state index >= 15 is 0 Å². The summed E-state index contributed by atoms with van der Waals surface area (Å²) in [4.78, 5) is 16.6. The Balaban J connectivity index is 1.48. The Kier molecular flexibility index (Phi) is 7.28. The van der Waals surface area contributed by atoms with E-state index in [2.05, 4.69) is 10.3 Å². The number of amides is 1. The average Bonchev–Trinajstić information content (AvgIpc) is 3.74. The van der Waals surface area contributed by atoms with Crippen LogP contribution in [0.3, 0.4) is 0 Å². The highest BCUT2D eigenvalue weighted by atomic mass is 32.2. The molecule has 3 fully saturated rings. The number of nitrogens with zero attached hydrogens (tertiary/aromatic N) is 1. The summed E-state index contributed by atoms with van der Waals surface area (Å²) in [5.74, 6) is -0.181. The van der Waals surface area contributed by atoms with Crippen LogP contribution < -0.4 is 14.8 Å². The largest absolute Gasteiger partial charge is 0.496 e. The summed E-state index contributed by atoms with van der Waals surface area (Å²) < 4.78 is 75.2. The van der Waals surface area contributed by atoms with E-state index in [1.54, 1.807) is 0 Å². The summed E-state index contributed by atoms with van der Waals surface area (Å²) in [5, 5.41) is 2.55. The Morgan fingerprint density at radius 2 is 1.71 bits per heavy atom. The molecule has 0 radical (unpaired) electrons. The second kappa shape index (κ2) is 9.78. The van der Waals surface area contributed by atoms with Gasteiger partial charge in [0.05, 0.1) is 25.2 Å². The first-order valence-corrected chi connectivity index (χ1v) is 13.9. The summed E-state index contributed by atoms with van der Waals surface area (Å²) in [6, 6.07) is 0.688. The molecule has 35 heavy (non-hydrogen) atoms. The van der Waals surface area contributed by atoms with Crippen molar-refractivity contribution >= 4 is 15.7 Å². The smallest absolute Gasteiger partial charge is 0.433 e. The number of hydrogen-bond donors (Lipinski definition) is 1. The van der Waals surface area contributed by atoms with Crippen LogP contribution in [-0.4, -0.2) is 51.1 Å². The van der Waals surface area contributed by atoms with E-state index in [-0.39, 0.29) is 27.7 Å². The van der Waals surface area contributed by atoms with Crippen molar-refractivity contribution < 1.29 is 35.9 Å². The van der Waals surface area contributed by atoms with E-state index in [4.69, 9.17) is 9.47 Å². The van der Waals surface area contributed by atoms with E-state index < -0.39 is 33.5 Å². The van der Waals surface area contributed by atoms with Crippen LogP contribution in [0.1, 0.15) is 73.8 Å². The van der Waals surface area contributed by atoms with Crippen molar-refractivity contribution in [2.75, 3.05) is 26.5 Å². The molecule has 7 nitrogen and oxygen atoms in total. The van der Waals surface area contributed by atoms with Crippen LogP contribution in [0, 0.1) is 17.3 Å². The minimum atomic E-state index is -4.72. The molecule has 1 heterocycles. The molecule has 0 spiro atoms. The lowest BCUT2D eigenvalue weighted by molar-refractivity contribution is -0.141. The van der Waals surface area contributed by atoms with E-state index in [1.807, 2.05) is 0 Å². The zero-order chi connectivity index (χ0) is 25.4. The minimum absolute atomic E-state index is 0.190. The van der Waals surface area contributed by atoms with Gasteiger partial charge in [-0.15, -0.1) is 0 Å². The van der Waals surface area contributed by atoms with Gasteiger partial charge in [-0.2, -0.15) is 13.2 Å². The van der Waals surface area contributed by atoms with Gasteiger partial charge in [-0.1, -0.05) is 12.8 Å². The third kappa shape index (κ3) is 6.21. The van der Waals surface area contributed by atoms with Crippen LogP contribution in [0.15, 0.2) is 6.07 Å². The fourth-order valence-electron chi connectivity index (χ4n) is 5.22. The van der Waals surface area contributed by atoms with E-state index in [0.717, 1.165) is 39.2 Å². The maximum absolute atomic E-state index is 13.2. The Morgan fingerprint density at radius 3 is 2.23 bits per heavy atom. The second-order valence-electron chi connectivity index (χ2n) is 10.4.